The summed E-state index contributed by atoms with van der Waals surface area (Å²) in [6, 6.07) is 14.7. The second-order valence-electron chi connectivity index (χ2n) is 9.78. The molecule has 2 amide bonds. The second-order valence-corrected chi connectivity index (χ2v) is 11.0. The number of amides is 2. The molecule has 1 saturated heterocycles. The minimum absolute atomic E-state index is 0.0130. The Morgan fingerprint density at radius 3 is 2.59 bits per heavy atom. The number of anilines is 2. The van der Waals surface area contributed by atoms with Crippen LogP contribution in [-0.4, -0.2) is 56.9 Å². The minimum atomic E-state index is -0.492. The molecule has 3 aromatic rings. The molecule has 204 valence electrons. The SMILES string of the molecule is CCSc1nc2n(n1)C(c1ccc(OCC(=O)N3CCCCC3)cc1)C(C(=O)Nc1cccc(C)c1)=C(C)N2. The van der Waals surface area contributed by atoms with Gasteiger partial charge in [-0.2, -0.15) is 4.98 Å². The number of carbonyl (C=O) groups is 2. The van der Waals surface area contributed by atoms with Crippen LogP contribution >= 0.6 is 11.8 Å². The Bertz CT molecular complexity index is 1380. The lowest BCUT2D eigenvalue weighted by atomic mass is 9.95. The summed E-state index contributed by atoms with van der Waals surface area (Å²) in [5, 5.41) is 11.7. The maximum atomic E-state index is 13.7. The number of piperidine rings is 1. The average molecular weight is 547 g/mol. The van der Waals surface area contributed by atoms with E-state index in [0.717, 1.165) is 48.5 Å². The predicted octanol–water partition coefficient (Wildman–Crippen LogP) is 5.02. The van der Waals surface area contributed by atoms with Gasteiger partial charge in [-0.05, 0) is 74.3 Å². The highest BCUT2D eigenvalue weighted by atomic mass is 32.2. The maximum Gasteiger partial charge on any atom is 0.260 e. The molecule has 0 radical (unpaired) electrons. The fourth-order valence-corrected chi connectivity index (χ4v) is 5.53. The molecule has 2 aliphatic heterocycles. The number of nitrogens with one attached hydrogen (secondary N) is 2. The van der Waals surface area contributed by atoms with E-state index >= 15 is 0 Å². The Morgan fingerprint density at radius 1 is 1.10 bits per heavy atom. The number of fused-ring (bicyclic) bond motifs is 1. The normalized spacial score (nSPS) is 16.9. The quantitative estimate of drug-likeness (QED) is 0.383. The molecule has 5 rings (SSSR count). The van der Waals surface area contributed by atoms with Crippen molar-refractivity contribution in [1.29, 1.82) is 0 Å². The highest BCUT2D eigenvalue weighted by Crippen LogP contribution is 2.37. The van der Waals surface area contributed by atoms with Crippen LogP contribution in [0.1, 0.15) is 50.3 Å². The van der Waals surface area contributed by atoms with Crippen molar-refractivity contribution in [3.8, 4) is 5.75 Å². The number of aryl methyl sites for hydroxylation is 1. The highest BCUT2D eigenvalue weighted by molar-refractivity contribution is 7.99. The number of benzene rings is 2. The number of aromatic nitrogens is 3. The fraction of sp³-hybridized carbons (Fsp3) is 0.379. The summed E-state index contributed by atoms with van der Waals surface area (Å²) in [5.41, 5.74) is 3.92. The number of thioether (sulfide) groups is 1. The lowest BCUT2D eigenvalue weighted by Crippen LogP contribution is -2.38. The number of hydrogen-bond acceptors (Lipinski definition) is 7. The summed E-state index contributed by atoms with van der Waals surface area (Å²) < 4.78 is 7.59. The molecule has 2 aliphatic rings. The van der Waals surface area contributed by atoms with Crippen molar-refractivity contribution in [3.05, 3.63) is 70.9 Å². The van der Waals surface area contributed by atoms with Crippen molar-refractivity contribution >= 4 is 35.2 Å². The Balaban J connectivity index is 1.40. The minimum Gasteiger partial charge on any atom is -0.484 e. The summed E-state index contributed by atoms with van der Waals surface area (Å²) in [5.74, 6) is 1.83. The second kappa shape index (κ2) is 11.9. The largest absolute Gasteiger partial charge is 0.484 e. The number of allylic oxidation sites excluding steroid dienone is 1. The van der Waals surface area contributed by atoms with Gasteiger partial charge < -0.3 is 20.3 Å². The molecule has 0 saturated carbocycles. The van der Waals surface area contributed by atoms with Gasteiger partial charge >= 0.3 is 0 Å². The van der Waals surface area contributed by atoms with E-state index < -0.39 is 6.04 Å². The zero-order chi connectivity index (χ0) is 27.4. The van der Waals surface area contributed by atoms with E-state index in [4.69, 9.17) is 9.84 Å². The van der Waals surface area contributed by atoms with Crippen molar-refractivity contribution in [1.82, 2.24) is 19.7 Å². The number of rotatable bonds is 8. The zero-order valence-corrected chi connectivity index (χ0v) is 23.4. The van der Waals surface area contributed by atoms with Crippen LogP contribution in [0.4, 0.5) is 11.6 Å². The monoisotopic (exact) mass is 546 g/mol. The first-order valence-corrected chi connectivity index (χ1v) is 14.4. The third-order valence-electron chi connectivity index (χ3n) is 6.89. The molecule has 1 aromatic heterocycles. The molecular weight excluding hydrogens is 512 g/mol. The summed E-state index contributed by atoms with van der Waals surface area (Å²) in [6.45, 7) is 7.54. The Kier molecular flexibility index (Phi) is 8.21. The zero-order valence-electron chi connectivity index (χ0n) is 22.6. The van der Waals surface area contributed by atoms with E-state index in [9.17, 15) is 9.59 Å². The molecule has 3 heterocycles. The van der Waals surface area contributed by atoms with Crippen LogP contribution in [0.2, 0.25) is 0 Å². The van der Waals surface area contributed by atoms with Crippen molar-refractivity contribution < 1.29 is 14.3 Å². The van der Waals surface area contributed by atoms with Gasteiger partial charge in [-0.15, -0.1) is 5.10 Å². The molecule has 0 bridgehead atoms. The van der Waals surface area contributed by atoms with E-state index in [2.05, 4.69) is 22.5 Å². The van der Waals surface area contributed by atoms with Crippen molar-refractivity contribution in [2.75, 3.05) is 36.1 Å². The lowest BCUT2D eigenvalue weighted by Gasteiger charge is -2.29. The van der Waals surface area contributed by atoms with E-state index in [1.165, 1.54) is 6.42 Å². The molecule has 0 aliphatic carbocycles. The van der Waals surface area contributed by atoms with Crippen LogP contribution in [0.3, 0.4) is 0 Å². The van der Waals surface area contributed by atoms with Crippen LogP contribution in [-0.2, 0) is 9.59 Å². The lowest BCUT2D eigenvalue weighted by molar-refractivity contribution is -0.134. The van der Waals surface area contributed by atoms with Crippen LogP contribution in [0.25, 0.3) is 0 Å². The van der Waals surface area contributed by atoms with Crippen LogP contribution in [0.5, 0.6) is 5.75 Å². The highest BCUT2D eigenvalue weighted by Gasteiger charge is 2.34. The van der Waals surface area contributed by atoms with E-state index in [1.807, 2.05) is 67.3 Å². The van der Waals surface area contributed by atoms with Gasteiger partial charge in [-0.25, -0.2) is 4.68 Å². The first kappa shape index (κ1) is 26.8. The molecule has 1 unspecified atom stereocenters. The van der Waals surface area contributed by atoms with Gasteiger partial charge in [0, 0.05) is 24.5 Å². The molecule has 9 nitrogen and oxygen atoms in total. The summed E-state index contributed by atoms with van der Waals surface area (Å²) in [6.07, 6.45) is 3.27. The third kappa shape index (κ3) is 6.11. The van der Waals surface area contributed by atoms with E-state index in [1.54, 1.807) is 16.4 Å². The van der Waals surface area contributed by atoms with Gasteiger partial charge in [0.1, 0.15) is 11.8 Å². The molecule has 39 heavy (non-hydrogen) atoms. The van der Waals surface area contributed by atoms with E-state index in [-0.39, 0.29) is 18.4 Å². The molecule has 2 N–H and O–H groups in total. The number of ether oxygens (including phenoxy) is 1. The van der Waals surface area contributed by atoms with Crippen LogP contribution < -0.4 is 15.4 Å². The van der Waals surface area contributed by atoms with Crippen molar-refractivity contribution in [2.24, 2.45) is 0 Å². The van der Waals surface area contributed by atoms with Gasteiger partial charge in [0.25, 0.3) is 11.8 Å². The molecule has 1 atom stereocenters. The van der Waals surface area contributed by atoms with Crippen molar-refractivity contribution in [2.45, 2.75) is 51.2 Å². The molecular formula is C29H34N6O3S. The maximum absolute atomic E-state index is 13.7. The number of carbonyl (C=O) groups excluding carboxylic acids is 2. The smallest absolute Gasteiger partial charge is 0.260 e. The van der Waals surface area contributed by atoms with Crippen molar-refractivity contribution in [3.63, 3.8) is 0 Å². The molecule has 2 aromatic carbocycles. The molecule has 0 spiro atoms. The summed E-state index contributed by atoms with van der Waals surface area (Å²) in [4.78, 5) is 32.7. The predicted molar refractivity (Wildman–Crippen MR) is 153 cm³/mol. The number of hydrogen-bond donors (Lipinski definition) is 2. The van der Waals surface area contributed by atoms with Gasteiger partial charge in [0.05, 0.1) is 5.57 Å². The summed E-state index contributed by atoms with van der Waals surface area (Å²) in [7, 11) is 0. The first-order chi connectivity index (χ1) is 18.9. The van der Waals surface area contributed by atoms with Gasteiger partial charge in [0.15, 0.2) is 6.61 Å². The standard InChI is InChI=1S/C29H34N6O3S/c1-4-39-29-32-28-30-20(3)25(27(37)31-22-10-8-9-19(2)17-22)26(35(28)33-29)21-11-13-23(14-12-21)38-18-24(36)34-15-6-5-7-16-34/h8-14,17,26H,4-7,15-16,18H2,1-3H3,(H,31,37)(H,30,32,33). The van der Waals surface area contributed by atoms with Gasteiger partial charge in [0.2, 0.25) is 11.1 Å². The fourth-order valence-electron chi connectivity index (χ4n) is 4.97. The average Bonchev–Trinajstić information content (AvgIpc) is 3.33. The van der Waals surface area contributed by atoms with Gasteiger partial charge in [-0.1, -0.05) is 43.0 Å². The first-order valence-electron chi connectivity index (χ1n) is 13.4. The van der Waals surface area contributed by atoms with Crippen LogP contribution in [0.15, 0.2) is 65.0 Å². The summed E-state index contributed by atoms with van der Waals surface area (Å²) >= 11 is 1.55. The van der Waals surface area contributed by atoms with E-state index in [0.29, 0.717) is 28.1 Å². The Hall–Kier alpha value is -3.79. The molecule has 10 heteroatoms. The van der Waals surface area contributed by atoms with Crippen LogP contribution in [0, 0.1) is 6.92 Å². The Labute approximate surface area is 233 Å². The molecule has 1 fully saturated rings. The number of likely N-dealkylation sites (tertiary alicyclic amines) is 1. The Morgan fingerprint density at radius 2 is 1.87 bits per heavy atom. The topological polar surface area (TPSA) is 101 Å². The van der Waals surface area contributed by atoms with Gasteiger partial charge in [-0.3, -0.25) is 9.59 Å². The third-order valence-corrected chi connectivity index (χ3v) is 7.61. The number of nitrogens with zero attached hydrogens (tertiary/aromatic N) is 4.